The molecule has 90 valence electrons. The summed E-state index contributed by atoms with van der Waals surface area (Å²) in [6, 6.07) is 0. The Morgan fingerprint density at radius 3 is 2.07 bits per heavy atom. The van der Waals surface area contributed by atoms with Gasteiger partial charge in [0.2, 0.25) is 10.0 Å². The summed E-state index contributed by atoms with van der Waals surface area (Å²) in [7, 11) is -3.19. The van der Waals surface area contributed by atoms with E-state index in [1.807, 2.05) is 0 Å². The van der Waals surface area contributed by atoms with Gasteiger partial charge in [0.1, 0.15) is 0 Å². The smallest absolute Gasteiger partial charge is 0.214 e. The van der Waals surface area contributed by atoms with E-state index < -0.39 is 21.2 Å². The Balaban J connectivity index is 3.06. The molecule has 0 radical (unpaired) electrons. The Labute approximate surface area is 92.3 Å². The summed E-state index contributed by atoms with van der Waals surface area (Å²) in [6.07, 6.45) is 1.60. The van der Waals surface area contributed by atoms with Crippen LogP contribution in [-0.2, 0) is 10.0 Å². The average Bonchev–Trinajstić information content (AvgIpc) is 2.00. The lowest BCUT2D eigenvalue weighted by Gasteiger charge is -2.46. The minimum Gasteiger partial charge on any atom is -0.389 e. The first-order chi connectivity index (χ1) is 6.59. The highest BCUT2D eigenvalue weighted by Crippen LogP contribution is 2.32. The van der Waals surface area contributed by atoms with Gasteiger partial charge in [-0.05, 0) is 40.5 Å². The number of sulfonamides is 1. The molecule has 1 heterocycles. The molecular formula is C10H21NO3S. The van der Waals surface area contributed by atoms with E-state index in [9.17, 15) is 13.5 Å². The van der Waals surface area contributed by atoms with Gasteiger partial charge in [-0.1, -0.05) is 0 Å². The second-order valence-electron chi connectivity index (χ2n) is 5.21. The fraction of sp³-hybridized carbons (Fsp3) is 1.00. The standard InChI is InChI=1S/C10H21NO3S/c1-9(2,10(3,4)12)11-7-5-6-8-15(11,13)14/h12H,5-8H2,1-4H3. The van der Waals surface area contributed by atoms with Crippen LogP contribution in [0.15, 0.2) is 0 Å². The summed E-state index contributed by atoms with van der Waals surface area (Å²) < 4.78 is 25.2. The topological polar surface area (TPSA) is 57.6 Å². The molecule has 0 aliphatic carbocycles. The highest BCUT2D eigenvalue weighted by atomic mass is 32.2. The van der Waals surface area contributed by atoms with Crippen molar-refractivity contribution in [2.45, 2.75) is 51.7 Å². The molecule has 1 aliphatic heterocycles. The molecule has 1 N–H and O–H groups in total. The van der Waals surface area contributed by atoms with Gasteiger partial charge in [0.15, 0.2) is 0 Å². The Kier molecular flexibility index (Phi) is 3.20. The maximum Gasteiger partial charge on any atom is 0.214 e. The second-order valence-corrected chi connectivity index (χ2v) is 7.23. The second kappa shape index (κ2) is 3.71. The molecule has 5 heteroatoms. The first-order valence-corrected chi connectivity index (χ1v) is 6.93. The highest BCUT2D eigenvalue weighted by Gasteiger charge is 2.46. The lowest BCUT2D eigenvalue weighted by Crippen LogP contribution is -2.61. The molecule has 1 rings (SSSR count). The van der Waals surface area contributed by atoms with E-state index in [0.29, 0.717) is 6.54 Å². The molecule has 0 aromatic heterocycles. The molecule has 15 heavy (non-hydrogen) atoms. The minimum atomic E-state index is -3.19. The van der Waals surface area contributed by atoms with Crippen molar-refractivity contribution in [3.8, 4) is 0 Å². The molecule has 1 fully saturated rings. The zero-order valence-corrected chi connectivity index (χ0v) is 10.8. The van der Waals surface area contributed by atoms with Crippen molar-refractivity contribution in [1.82, 2.24) is 4.31 Å². The van der Waals surface area contributed by atoms with Gasteiger partial charge in [-0.2, -0.15) is 4.31 Å². The summed E-state index contributed by atoms with van der Waals surface area (Å²) >= 11 is 0. The van der Waals surface area contributed by atoms with Crippen molar-refractivity contribution in [3.63, 3.8) is 0 Å². The zero-order valence-electron chi connectivity index (χ0n) is 9.95. The van der Waals surface area contributed by atoms with E-state index >= 15 is 0 Å². The normalized spacial score (nSPS) is 24.1. The first kappa shape index (κ1) is 12.9. The SMILES string of the molecule is CC(C)(O)C(C)(C)N1CCCCS1(=O)=O. The minimum absolute atomic E-state index is 0.201. The zero-order chi connectivity index (χ0) is 11.9. The molecule has 0 atom stereocenters. The third kappa shape index (κ3) is 2.34. The third-order valence-electron chi connectivity index (χ3n) is 3.47. The van der Waals surface area contributed by atoms with E-state index in [1.54, 1.807) is 27.7 Å². The van der Waals surface area contributed by atoms with Gasteiger partial charge >= 0.3 is 0 Å². The number of nitrogens with zero attached hydrogens (tertiary/aromatic N) is 1. The Hall–Kier alpha value is -0.130. The summed E-state index contributed by atoms with van der Waals surface area (Å²) in [5.74, 6) is 0.201. The maximum absolute atomic E-state index is 11.9. The van der Waals surface area contributed by atoms with E-state index in [0.717, 1.165) is 12.8 Å². The van der Waals surface area contributed by atoms with E-state index in [4.69, 9.17) is 0 Å². The van der Waals surface area contributed by atoms with Crippen molar-refractivity contribution >= 4 is 10.0 Å². The lowest BCUT2D eigenvalue weighted by molar-refractivity contribution is -0.0419. The number of rotatable bonds is 2. The summed E-state index contributed by atoms with van der Waals surface area (Å²) in [6.45, 7) is 7.36. The van der Waals surface area contributed by atoms with Crippen molar-refractivity contribution in [2.75, 3.05) is 12.3 Å². The van der Waals surface area contributed by atoms with Crippen LogP contribution in [0.5, 0.6) is 0 Å². The molecule has 0 amide bonds. The quantitative estimate of drug-likeness (QED) is 0.775. The Bertz CT molecular complexity index is 327. The van der Waals surface area contributed by atoms with E-state index in [2.05, 4.69) is 0 Å². The average molecular weight is 235 g/mol. The van der Waals surface area contributed by atoms with Crippen molar-refractivity contribution < 1.29 is 13.5 Å². The highest BCUT2D eigenvalue weighted by molar-refractivity contribution is 7.89. The molecule has 1 aliphatic rings. The predicted octanol–water partition coefficient (Wildman–Crippen LogP) is 0.962. The molecule has 0 aromatic rings. The van der Waals surface area contributed by atoms with Crippen LogP contribution >= 0.6 is 0 Å². The number of aliphatic hydroxyl groups is 1. The van der Waals surface area contributed by atoms with Crippen molar-refractivity contribution in [2.24, 2.45) is 0 Å². The number of hydrogen-bond donors (Lipinski definition) is 1. The molecule has 0 aromatic carbocycles. The molecule has 4 nitrogen and oxygen atoms in total. The van der Waals surface area contributed by atoms with Gasteiger partial charge in [0, 0.05) is 6.54 Å². The van der Waals surface area contributed by atoms with Gasteiger partial charge in [-0.25, -0.2) is 8.42 Å². The van der Waals surface area contributed by atoms with E-state index in [-0.39, 0.29) is 5.75 Å². The lowest BCUT2D eigenvalue weighted by atomic mass is 9.86. The first-order valence-electron chi connectivity index (χ1n) is 5.32. The molecule has 1 saturated heterocycles. The van der Waals surface area contributed by atoms with Gasteiger partial charge in [0.05, 0.1) is 16.9 Å². The van der Waals surface area contributed by atoms with Crippen LogP contribution in [0.4, 0.5) is 0 Å². The summed E-state index contributed by atoms with van der Waals surface area (Å²) in [5, 5.41) is 10.0. The molecule has 0 saturated carbocycles. The molecular weight excluding hydrogens is 214 g/mol. The summed E-state index contributed by atoms with van der Waals surface area (Å²) in [4.78, 5) is 0. The molecule has 0 unspecified atom stereocenters. The van der Waals surface area contributed by atoms with Gasteiger partial charge in [0.25, 0.3) is 0 Å². The maximum atomic E-state index is 11.9. The predicted molar refractivity (Wildman–Crippen MR) is 60.1 cm³/mol. The third-order valence-corrected chi connectivity index (χ3v) is 5.59. The molecule has 0 bridgehead atoms. The van der Waals surface area contributed by atoms with Crippen molar-refractivity contribution in [3.05, 3.63) is 0 Å². The van der Waals surface area contributed by atoms with Crippen molar-refractivity contribution in [1.29, 1.82) is 0 Å². The van der Waals surface area contributed by atoms with Crippen LogP contribution in [0.25, 0.3) is 0 Å². The fourth-order valence-corrected chi connectivity index (χ4v) is 3.84. The van der Waals surface area contributed by atoms with Crippen LogP contribution < -0.4 is 0 Å². The number of hydrogen-bond acceptors (Lipinski definition) is 3. The monoisotopic (exact) mass is 235 g/mol. The van der Waals surface area contributed by atoms with Gasteiger partial charge in [-0.15, -0.1) is 0 Å². The molecule has 0 spiro atoms. The van der Waals surface area contributed by atoms with E-state index in [1.165, 1.54) is 4.31 Å². The Morgan fingerprint density at radius 2 is 1.67 bits per heavy atom. The van der Waals surface area contributed by atoms with Gasteiger partial charge in [-0.3, -0.25) is 0 Å². The van der Waals surface area contributed by atoms with Crippen LogP contribution in [0.1, 0.15) is 40.5 Å². The van der Waals surface area contributed by atoms with Crippen LogP contribution in [0, 0.1) is 0 Å². The fourth-order valence-electron chi connectivity index (χ4n) is 1.72. The summed E-state index contributed by atoms with van der Waals surface area (Å²) in [5.41, 5.74) is -1.80. The Morgan fingerprint density at radius 1 is 1.13 bits per heavy atom. The van der Waals surface area contributed by atoms with Gasteiger partial charge < -0.3 is 5.11 Å². The van der Waals surface area contributed by atoms with Crippen LogP contribution in [0.3, 0.4) is 0 Å². The van der Waals surface area contributed by atoms with Crippen LogP contribution in [0.2, 0.25) is 0 Å². The largest absolute Gasteiger partial charge is 0.389 e. The van der Waals surface area contributed by atoms with Crippen LogP contribution in [-0.4, -0.2) is 41.3 Å².